The van der Waals surface area contributed by atoms with Gasteiger partial charge in [-0.25, -0.2) is 4.79 Å². The number of rotatable bonds is 7. The van der Waals surface area contributed by atoms with Gasteiger partial charge in [0.15, 0.2) is 0 Å². The molecule has 2 heterocycles. The van der Waals surface area contributed by atoms with Crippen molar-refractivity contribution >= 4 is 42.5 Å². The highest BCUT2D eigenvalue weighted by Crippen LogP contribution is 2.34. The van der Waals surface area contributed by atoms with E-state index in [9.17, 15) is 4.79 Å². The molecule has 1 radical (unpaired) electrons. The smallest absolute Gasteiger partial charge is 0.373 e. The van der Waals surface area contributed by atoms with E-state index in [2.05, 4.69) is 29.2 Å². The predicted molar refractivity (Wildman–Crippen MR) is 80.2 cm³/mol. The van der Waals surface area contributed by atoms with Crippen molar-refractivity contribution in [3.8, 4) is 0 Å². The molecular formula is C11H14BIN3O3. The molecule has 2 bridgehead atoms. The molecule has 0 spiro atoms. The van der Waals surface area contributed by atoms with E-state index in [1.807, 2.05) is 6.08 Å². The highest BCUT2D eigenvalue weighted by atomic mass is 127. The van der Waals surface area contributed by atoms with Gasteiger partial charge in [0.2, 0.25) is 0 Å². The van der Waals surface area contributed by atoms with Crippen molar-refractivity contribution in [2.75, 3.05) is 13.2 Å². The first kappa shape index (κ1) is 14.4. The van der Waals surface area contributed by atoms with Crippen molar-refractivity contribution in [1.82, 2.24) is 9.96 Å². The van der Waals surface area contributed by atoms with Gasteiger partial charge >= 0.3 is 13.5 Å². The van der Waals surface area contributed by atoms with Crippen LogP contribution in [0.15, 0.2) is 22.3 Å². The van der Waals surface area contributed by atoms with Gasteiger partial charge in [0, 0.05) is 9.62 Å². The summed E-state index contributed by atoms with van der Waals surface area (Å²) in [6, 6.07) is -0.219. The monoisotopic (exact) mass is 374 g/mol. The Bertz CT molecular complexity index is 418. The van der Waals surface area contributed by atoms with Crippen molar-refractivity contribution in [1.29, 1.82) is 5.41 Å². The van der Waals surface area contributed by atoms with Crippen LogP contribution in [0.5, 0.6) is 0 Å². The number of carbonyl (C=O) groups is 1. The molecule has 0 aromatic rings. The van der Waals surface area contributed by atoms with E-state index in [1.165, 1.54) is 12.5 Å². The topological polar surface area (TPSA) is 65.9 Å². The van der Waals surface area contributed by atoms with E-state index < -0.39 is 0 Å². The van der Waals surface area contributed by atoms with Crippen molar-refractivity contribution in [3.05, 3.63) is 22.3 Å². The van der Waals surface area contributed by atoms with Crippen LogP contribution in [0.4, 0.5) is 4.79 Å². The van der Waals surface area contributed by atoms with Crippen LogP contribution in [0.1, 0.15) is 0 Å². The third-order valence-corrected chi connectivity index (χ3v) is 4.07. The first-order chi connectivity index (χ1) is 9.19. The first-order valence-corrected chi connectivity index (χ1v) is 6.93. The number of urea groups is 1. The Kier molecular flexibility index (Phi) is 4.86. The molecule has 2 aliphatic rings. The second-order valence-electron chi connectivity index (χ2n) is 4.14. The minimum Gasteiger partial charge on any atom is -0.556 e. The SMILES string of the molecule is C=CCON1C(=O)N2CC1C(I)=C[C@H]2C[B]OC=N. The largest absolute Gasteiger partial charge is 0.556 e. The lowest BCUT2D eigenvalue weighted by molar-refractivity contribution is -0.108. The molecule has 19 heavy (non-hydrogen) atoms. The molecule has 6 nitrogen and oxygen atoms in total. The molecule has 1 fully saturated rings. The summed E-state index contributed by atoms with van der Waals surface area (Å²) in [4.78, 5) is 19.4. The zero-order valence-electron chi connectivity index (χ0n) is 10.3. The van der Waals surface area contributed by atoms with Gasteiger partial charge in [-0.2, -0.15) is 5.06 Å². The van der Waals surface area contributed by atoms with Gasteiger partial charge in [0.1, 0.15) is 12.4 Å². The summed E-state index contributed by atoms with van der Waals surface area (Å²) < 4.78 is 5.87. The highest BCUT2D eigenvalue weighted by molar-refractivity contribution is 14.1. The second kappa shape index (κ2) is 6.42. The maximum Gasteiger partial charge on any atom is 0.373 e. The maximum atomic E-state index is 12.2. The number of hydroxylamine groups is 2. The summed E-state index contributed by atoms with van der Waals surface area (Å²) in [6.07, 6.45) is 5.07. The third kappa shape index (κ3) is 2.94. The number of hydrogen-bond acceptors (Lipinski definition) is 4. The number of nitrogens with zero attached hydrogens (tertiary/aromatic N) is 2. The Balaban J connectivity index is 2.05. The van der Waals surface area contributed by atoms with E-state index in [1.54, 1.807) is 11.0 Å². The first-order valence-electron chi connectivity index (χ1n) is 5.86. The lowest BCUT2D eigenvalue weighted by Gasteiger charge is -2.27. The number of halogens is 1. The fourth-order valence-corrected chi connectivity index (χ4v) is 3.00. The van der Waals surface area contributed by atoms with Gasteiger partial charge in [0.25, 0.3) is 0 Å². The number of carbonyl (C=O) groups excluding carboxylic acids is 1. The van der Waals surface area contributed by atoms with E-state index in [-0.39, 0.29) is 18.1 Å². The second-order valence-corrected chi connectivity index (χ2v) is 5.38. The summed E-state index contributed by atoms with van der Waals surface area (Å²) in [5, 5.41) is 8.21. The Morgan fingerprint density at radius 2 is 2.47 bits per heavy atom. The van der Waals surface area contributed by atoms with Gasteiger partial charge in [-0.05, 0) is 28.9 Å². The molecule has 2 atom stereocenters. The summed E-state index contributed by atoms with van der Waals surface area (Å²) in [6.45, 7) is 4.51. The van der Waals surface area contributed by atoms with Gasteiger partial charge in [-0.3, -0.25) is 10.2 Å². The molecule has 2 aliphatic heterocycles. The fraction of sp³-hybridized carbons (Fsp3) is 0.455. The van der Waals surface area contributed by atoms with Crippen LogP contribution >= 0.6 is 22.6 Å². The molecular weight excluding hydrogens is 360 g/mol. The highest BCUT2D eigenvalue weighted by Gasteiger charge is 2.45. The quantitative estimate of drug-likeness (QED) is 0.184. The standard InChI is InChI=1S/C11H14BIN3O3/c1-2-3-19-16-10-6-15(11(16)17)8(4-9(10)13)5-12-18-7-14/h2,4,7-8,10,14H,1,3,5-6H2/t8-,10?/m0/s1. The minimum atomic E-state index is -0.136. The molecule has 0 aromatic heterocycles. The zero-order chi connectivity index (χ0) is 13.8. The minimum absolute atomic E-state index is 0.0343. The molecule has 0 aliphatic carbocycles. The third-order valence-electron chi connectivity index (χ3n) is 2.99. The van der Waals surface area contributed by atoms with Crippen molar-refractivity contribution in [3.63, 3.8) is 0 Å². The van der Waals surface area contributed by atoms with E-state index in [4.69, 9.17) is 14.9 Å². The molecule has 101 valence electrons. The van der Waals surface area contributed by atoms with E-state index >= 15 is 0 Å². The van der Waals surface area contributed by atoms with Crippen molar-refractivity contribution < 1.29 is 14.3 Å². The Morgan fingerprint density at radius 3 is 3.16 bits per heavy atom. The number of amides is 2. The Hall–Kier alpha value is -1.03. The van der Waals surface area contributed by atoms with Gasteiger partial charge in [-0.15, -0.1) is 6.58 Å². The van der Waals surface area contributed by atoms with Gasteiger partial charge < -0.3 is 9.55 Å². The van der Waals surface area contributed by atoms with Crippen LogP contribution in [0.25, 0.3) is 0 Å². The van der Waals surface area contributed by atoms with Crippen LogP contribution in [0.2, 0.25) is 6.32 Å². The molecule has 1 unspecified atom stereocenters. The summed E-state index contributed by atoms with van der Waals surface area (Å²) >= 11 is 2.23. The Labute approximate surface area is 126 Å². The van der Waals surface area contributed by atoms with Gasteiger partial charge in [-0.1, -0.05) is 12.2 Å². The van der Waals surface area contributed by atoms with E-state index in [0.29, 0.717) is 19.5 Å². The van der Waals surface area contributed by atoms with Crippen LogP contribution in [-0.4, -0.2) is 55.1 Å². The number of fused-ring (bicyclic) bond motifs is 2. The molecule has 0 aromatic carbocycles. The average molecular weight is 374 g/mol. The normalized spacial score (nSPS) is 25.1. The molecule has 2 rings (SSSR count). The van der Waals surface area contributed by atoms with Crippen molar-refractivity contribution in [2.45, 2.75) is 18.4 Å². The molecule has 8 heteroatoms. The number of hydrogen-bond donors (Lipinski definition) is 1. The van der Waals surface area contributed by atoms with Gasteiger partial charge in [0.05, 0.1) is 13.2 Å². The van der Waals surface area contributed by atoms with Crippen LogP contribution in [0, 0.1) is 5.41 Å². The number of nitrogens with one attached hydrogen (secondary N) is 1. The van der Waals surface area contributed by atoms with Crippen LogP contribution in [0.3, 0.4) is 0 Å². The van der Waals surface area contributed by atoms with E-state index in [0.717, 1.165) is 9.98 Å². The summed E-state index contributed by atoms with van der Waals surface area (Å²) in [5.74, 6) is 0. The molecule has 1 saturated heterocycles. The van der Waals surface area contributed by atoms with Crippen LogP contribution in [-0.2, 0) is 9.49 Å². The zero-order valence-corrected chi connectivity index (χ0v) is 12.4. The van der Waals surface area contributed by atoms with Crippen LogP contribution < -0.4 is 0 Å². The molecule has 2 amide bonds. The lowest BCUT2D eigenvalue weighted by Crippen LogP contribution is -2.39. The fourth-order valence-electron chi connectivity index (χ4n) is 2.14. The summed E-state index contributed by atoms with van der Waals surface area (Å²) in [7, 11) is 1.53. The maximum absolute atomic E-state index is 12.2. The average Bonchev–Trinajstić information content (AvgIpc) is 2.68. The lowest BCUT2D eigenvalue weighted by atomic mass is 9.87. The molecule has 0 saturated carbocycles. The Morgan fingerprint density at radius 1 is 1.68 bits per heavy atom. The molecule has 1 N–H and O–H groups in total. The predicted octanol–water partition coefficient (Wildman–Crippen LogP) is 1.57. The van der Waals surface area contributed by atoms with Crippen molar-refractivity contribution in [2.24, 2.45) is 0 Å². The summed E-state index contributed by atoms with van der Waals surface area (Å²) in [5.41, 5.74) is 0.